The van der Waals surface area contributed by atoms with E-state index in [-0.39, 0.29) is 0 Å². The minimum atomic E-state index is 0.662. The molecule has 0 aromatic rings. The third-order valence-electron chi connectivity index (χ3n) is 1.74. The summed E-state index contributed by atoms with van der Waals surface area (Å²) >= 11 is 0. The van der Waals surface area contributed by atoms with Gasteiger partial charge in [-0.1, -0.05) is 6.08 Å². The number of methoxy groups -OCH3 is 1. The Morgan fingerprint density at radius 2 is 1.62 bits per heavy atom. The third-order valence-corrected chi connectivity index (χ3v) is 1.74. The molecule has 0 amide bonds. The van der Waals surface area contributed by atoms with E-state index in [2.05, 4.69) is 18.0 Å². The molecule has 13 heavy (non-hydrogen) atoms. The number of allylic oxidation sites excluding steroid dienone is 5. The monoisotopic (exact) mass is 177 g/mol. The highest BCUT2D eigenvalue weighted by Gasteiger charge is 1.98. The lowest BCUT2D eigenvalue weighted by atomic mass is 10.1. The van der Waals surface area contributed by atoms with E-state index in [1.165, 1.54) is 5.57 Å². The van der Waals surface area contributed by atoms with Crippen LogP contribution >= 0.6 is 0 Å². The van der Waals surface area contributed by atoms with E-state index >= 15 is 0 Å². The molecule has 0 spiro atoms. The van der Waals surface area contributed by atoms with Crippen LogP contribution < -0.4 is 0 Å². The van der Waals surface area contributed by atoms with Crippen molar-refractivity contribution in [2.45, 2.75) is 20.8 Å². The van der Waals surface area contributed by atoms with E-state index in [9.17, 15) is 0 Å². The Bertz CT molecular complexity index is 319. The molecule has 0 aromatic heterocycles. The summed E-state index contributed by atoms with van der Waals surface area (Å²) < 4.78 is 5.11. The molecule has 0 radical (unpaired) electrons. The van der Waals surface area contributed by atoms with Gasteiger partial charge in [-0.15, -0.1) is 0 Å². The van der Waals surface area contributed by atoms with Crippen molar-refractivity contribution in [2.24, 2.45) is 4.99 Å². The average Bonchev–Trinajstić information content (AvgIpc) is 1.99. The molecule has 1 aliphatic rings. The van der Waals surface area contributed by atoms with Crippen LogP contribution in [-0.4, -0.2) is 12.8 Å². The Balaban J connectivity index is 3.07. The highest BCUT2D eigenvalue weighted by molar-refractivity contribution is 5.94. The average molecular weight is 177 g/mol. The van der Waals surface area contributed by atoms with Gasteiger partial charge in [0.15, 0.2) is 0 Å². The van der Waals surface area contributed by atoms with Gasteiger partial charge in [0.05, 0.1) is 7.11 Å². The summed E-state index contributed by atoms with van der Waals surface area (Å²) in [5, 5.41) is 0. The van der Waals surface area contributed by atoms with Gasteiger partial charge in [0.25, 0.3) is 0 Å². The summed E-state index contributed by atoms with van der Waals surface area (Å²) in [5.74, 6) is 0.662. The SMILES string of the molecule is COC1=C/C(C)=C\C(C)=C/C(C)=N\1. The fourth-order valence-corrected chi connectivity index (χ4v) is 1.31. The molecule has 1 rings (SSSR count). The van der Waals surface area contributed by atoms with Crippen molar-refractivity contribution < 1.29 is 4.74 Å². The lowest BCUT2D eigenvalue weighted by Gasteiger charge is -2.05. The second-order valence-electron chi connectivity index (χ2n) is 3.22. The first-order chi connectivity index (χ1) is 6.11. The molecule has 0 saturated heterocycles. The van der Waals surface area contributed by atoms with Gasteiger partial charge in [-0.3, -0.25) is 0 Å². The van der Waals surface area contributed by atoms with Gasteiger partial charge in [-0.2, -0.15) is 0 Å². The molecule has 2 heteroatoms. The minimum Gasteiger partial charge on any atom is -0.481 e. The fraction of sp³-hybridized carbons (Fsp3) is 0.364. The lowest BCUT2D eigenvalue weighted by Crippen LogP contribution is -1.94. The number of rotatable bonds is 1. The zero-order valence-corrected chi connectivity index (χ0v) is 8.59. The van der Waals surface area contributed by atoms with E-state index in [0.29, 0.717) is 5.88 Å². The van der Waals surface area contributed by atoms with Gasteiger partial charge in [0, 0.05) is 11.8 Å². The predicted molar refractivity (Wildman–Crippen MR) is 55.7 cm³/mol. The number of hydrogen-bond acceptors (Lipinski definition) is 2. The van der Waals surface area contributed by atoms with Crippen LogP contribution in [0.15, 0.2) is 40.2 Å². The van der Waals surface area contributed by atoms with Gasteiger partial charge in [-0.25, -0.2) is 4.99 Å². The summed E-state index contributed by atoms with van der Waals surface area (Å²) in [6.07, 6.45) is 6.08. The molecule has 0 unspecified atom stereocenters. The first kappa shape index (κ1) is 9.78. The molecule has 70 valence electrons. The van der Waals surface area contributed by atoms with Gasteiger partial charge >= 0.3 is 0 Å². The maximum Gasteiger partial charge on any atom is 0.213 e. The molecule has 0 bridgehead atoms. The topological polar surface area (TPSA) is 21.6 Å². The maximum atomic E-state index is 5.11. The second kappa shape index (κ2) is 4.08. The van der Waals surface area contributed by atoms with Crippen molar-refractivity contribution in [3.05, 3.63) is 35.3 Å². The first-order valence-electron chi connectivity index (χ1n) is 4.29. The van der Waals surface area contributed by atoms with Crippen molar-refractivity contribution in [1.82, 2.24) is 0 Å². The molecule has 0 aromatic carbocycles. The molecule has 0 N–H and O–H groups in total. The minimum absolute atomic E-state index is 0.662. The van der Waals surface area contributed by atoms with Crippen LogP contribution in [0.1, 0.15) is 20.8 Å². The number of hydrogen-bond donors (Lipinski definition) is 0. The van der Waals surface area contributed by atoms with E-state index in [4.69, 9.17) is 4.74 Å². The smallest absolute Gasteiger partial charge is 0.213 e. The van der Waals surface area contributed by atoms with Crippen molar-refractivity contribution in [2.75, 3.05) is 7.11 Å². The molecular formula is C11H15NO. The normalized spacial score (nSPS) is 33.5. The van der Waals surface area contributed by atoms with Gasteiger partial charge in [-0.05, 0) is 38.0 Å². The summed E-state index contributed by atoms with van der Waals surface area (Å²) in [6, 6.07) is 0. The van der Waals surface area contributed by atoms with E-state index in [0.717, 1.165) is 11.3 Å². The van der Waals surface area contributed by atoms with Gasteiger partial charge < -0.3 is 4.74 Å². The zero-order chi connectivity index (χ0) is 9.84. The molecule has 0 saturated carbocycles. The third kappa shape index (κ3) is 2.90. The first-order valence-corrected chi connectivity index (χ1v) is 4.29. The predicted octanol–water partition coefficient (Wildman–Crippen LogP) is 2.84. The van der Waals surface area contributed by atoms with E-state index in [1.807, 2.05) is 26.0 Å². The summed E-state index contributed by atoms with van der Waals surface area (Å²) in [4.78, 5) is 4.29. The Morgan fingerprint density at radius 3 is 2.23 bits per heavy atom. The van der Waals surface area contributed by atoms with Crippen molar-refractivity contribution in [3.8, 4) is 0 Å². The Labute approximate surface area is 79.3 Å². The van der Waals surface area contributed by atoms with Crippen LogP contribution in [0.2, 0.25) is 0 Å². The summed E-state index contributed by atoms with van der Waals surface area (Å²) in [6.45, 7) is 6.06. The maximum absolute atomic E-state index is 5.11. The molecule has 0 fully saturated rings. The molecule has 0 aliphatic carbocycles. The number of nitrogens with zero attached hydrogens (tertiary/aromatic N) is 1. The quantitative estimate of drug-likeness (QED) is 0.603. The zero-order valence-electron chi connectivity index (χ0n) is 8.59. The van der Waals surface area contributed by atoms with Crippen molar-refractivity contribution in [3.63, 3.8) is 0 Å². The Kier molecular flexibility index (Phi) is 3.07. The van der Waals surface area contributed by atoms with E-state index < -0.39 is 0 Å². The van der Waals surface area contributed by atoms with Crippen LogP contribution in [0.3, 0.4) is 0 Å². The largest absolute Gasteiger partial charge is 0.481 e. The molecule has 1 heterocycles. The van der Waals surface area contributed by atoms with Crippen LogP contribution in [0.25, 0.3) is 0 Å². The molecule has 2 nitrogen and oxygen atoms in total. The van der Waals surface area contributed by atoms with E-state index in [1.54, 1.807) is 7.11 Å². The van der Waals surface area contributed by atoms with Crippen molar-refractivity contribution in [1.29, 1.82) is 0 Å². The number of aliphatic imine (C=N–C) groups is 1. The summed E-state index contributed by atoms with van der Waals surface area (Å²) in [5.41, 5.74) is 3.33. The summed E-state index contributed by atoms with van der Waals surface area (Å²) in [7, 11) is 1.63. The van der Waals surface area contributed by atoms with Crippen LogP contribution in [0, 0.1) is 0 Å². The molecular weight excluding hydrogens is 162 g/mol. The van der Waals surface area contributed by atoms with Gasteiger partial charge in [0.1, 0.15) is 0 Å². The van der Waals surface area contributed by atoms with Crippen LogP contribution in [0.4, 0.5) is 0 Å². The lowest BCUT2D eigenvalue weighted by molar-refractivity contribution is 0.288. The van der Waals surface area contributed by atoms with Crippen molar-refractivity contribution >= 4 is 5.71 Å². The second-order valence-corrected chi connectivity index (χ2v) is 3.22. The Hall–Kier alpha value is -1.31. The van der Waals surface area contributed by atoms with Crippen LogP contribution in [0.5, 0.6) is 0 Å². The van der Waals surface area contributed by atoms with Crippen LogP contribution in [-0.2, 0) is 4.74 Å². The fourth-order valence-electron chi connectivity index (χ4n) is 1.31. The van der Waals surface area contributed by atoms with Gasteiger partial charge in [0.2, 0.25) is 5.88 Å². The highest BCUT2D eigenvalue weighted by Crippen LogP contribution is 2.11. The standard InChI is InChI=1S/C11H15NO/c1-8-5-9(2)7-11(13-4)12-10(3)6-8/h5-7H,1-4H3/b8-5?,8-6-,9-5-,9-7?,10-6?,11-7+,12-10-,12-11?. The number of ether oxygens (including phenoxy) is 1. The molecule has 1 aliphatic heterocycles. The Morgan fingerprint density at radius 1 is 1.00 bits per heavy atom. The highest BCUT2D eigenvalue weighted by atomic mass is 16.5. The molecule has 0 atom stereocenters.